The van der Waals surface area contributed by atoms with Crippen LogP contribution in [0, 0.1) is 5.92 Å². The van der Waals surface area contributed by atoms with Crippen LogP contribution in [0.3, 0.4) is 0 Å². The fraction of sp³-hybridized carbons (Fsp3) is 0.750. The maximum atomic E-state index is 11.2. The Morgan fingerprint density at radius 3 is 3.00 bits per heavy atom. The molecule has 2 N–H and O–H groups in total. The number of fused-ring (bicyclic) bond motifs is 2. The standard InChI is InChI=1S/C8H11NO4/c10-7-5-3-4(13-7)1-2-6(5)9-8(11)12/h4-6,9H,1-3H2,(H,11,12)/t4-,5-,6+/m1/s1. The van der Waals surface area contributed by atoms with E-state index < -0.39 is 6.09 Å². The van der Waals surface area contributed by atoms with Crippen molar-refractivity contribution in [2.75, 3.05) is 0 Å². The van der Waals surface area contributed by atoms with Crippen molar-refractivity contribution in [3.63, 3.8) is 0 Å². The summed E-state index contributed by atoms with van der Waals surface area (Å²) in [5.41, 5.74) is 0. The zero-order valence-corrected chi connectivity index (χ0v) is 7.03. The van der Waals surface area contributed by atoms with E-state index in [1.165, 1.54) is 0 Å². The number of amides is 1. The molecule has 1 amide bonds. The van der Waals surface area contributed by atoms with Crippen molar-refractivity contribution >= 4 is 12.1 Å². The van der Waals surface area contributed by atoms with Crippen LogP contribution < -0.4 is 5.32 Å². The number of carbonyl (C=O) groups is 2. The smallest absolute Gasteiger partial charge is 0.404 e. The highest BCUT2D eigenvalue weighted by molar-refractivity contribution is 5.77. The van der Waals surface area contributed by atoms with E-state index in [1.54, 1.807) is 0 Å². The van der Waals surface area contributed by atoms with Crippen LogP contribution in [-0.2, 0) is 9.53 Å². The second-order valence-corrected chi connectivity index (χ2v) is 3.53. The second-order valence-electron chi connectivity index (χ2n) is 3.53. The van der Waals surface area contributed by atoms with Crippen molar-refractivity contribution in [1.29, 1.82) is 0 Å². The van der Waals surface area contributed by atoms with Crippen LogP contribution in [0.4, 0.5) is 4.79 Å². The van der Waals surface area contributed by atoms with Crippen molar-refractivity contribution in [3.8, 4) is 0 Å². The number of ether oxygens (including phenoxy) is 1. The average molecular weight is 185 g/mol. The Kier molecular flexibility index (Phi) is 1.86. The van der Waals surface area contributed by atoms with E-state index >= 15 is 0 Å². The molecule has 0 unspecified atom stereocenters. The predicted octanol–water partition coefficient (Wildman–Crippen LogP) is 0.348. The molecule has 0 radical (unpaired) electrons. The van der Waals surface area contributed by atoms with Crippen LogP contribution in [0.1, 0.15) is 19.3 Å². The van der Waals surface area contributed by atoms with E-state index in [0.717, 1.165) is 6.42 Å². The molecule has 2 bridgehead atoms. The van der Waals surface area contributed by atoms with Gasteiger partial charge in [0.15, 0.2) is 0 Å². The Hall–Kier alpha value is -1.26. The molecule has 1 heterocycles. The zero-order chi connectivity index (χ0) is 9.42. The number of esters is 1. The molecule has 0 aromatic rings. The van der Waals surface area contributed by atoms with Crippen LogP contribution in [0.2, 0.25) is 0 Å². The maximum Gasteiger partial charge on any atom is 0.404 e. The highest BCUT2D eigenvalue weighted by atomic mass is 16.6. The SMILES string of the molecule is O=C(O)N[C@H]1CC[C@@H]2C[C@H]1C(=O)O2. The van der Waals surface area contributed by atoms with Gasteiger partial charge in [0, 0.05) is 6.04 Å². The van der Waals surface area contributed by atoms with Gasteiger partial charge in [-0.05, 0) is 19.3 Å². The van der Waals surface area contributed by atoms with E-state index in [4.69, 9.17) is 9.84 Å². The van der Waals surface area contributed by atoms with Gasteiger partial charge in [-0.1, -0.05) is 0 Å². The zero-order valence-electron chi connectivity index (χ0n) is 7.03. The third-order valence-electron chi connectivity index (χ3n) is 2.70. The second kappa shape index (κ2) is 2.90. The van der Waals surface area contributed by atoms with Gasteiger partial charge < -0.3 is 15.2 Å². The molecule has 3 atom stereocenters. The first-order chi connectivity index (χ1) is 6.16. The molecule has 13 heavy (non-hydrogen) atoms. The van der Waals surface area contributed by atoms with Crippen molar-refractivity contribution in [1.82, 2.24) is 5.32 Å². The molecule has 5 nitrogen and oxygen atoms in total. The molecule has 1 saturated carbocycles. The van der Waals surface area contributed by atoms with Crippen LogP contribution in [-0.4, -0.2) is 29.3 Å². The lowest BCUT2D eigenvalue weighted by Gasteiger charge is -2.24. The van der Waals surface area contributed by atoms with Gasteiger partial charge in [0.05, 0.1) is 5.92 Å². The first-order valence-corrected chi connectivity index (χ1v) is 4.37. The Morgan fingerprint density at radius 1 is 1.54 bits per heavy atom. The summed E-state index contributed by atoms with van der Waals surface area (Å²) >= 11 is 0. The fourth-order valence-corrected chi connectivity index (χ4v) is 2.08. The van der Waals surface area contributed by atoms with Gasteiger partial charge in [-0.2, -0.15) is 0 Å². The van der Waals surface area contributed by atoms with Gasteiger partial charge in [-0.3, -0.25) is 4.79 Å². The normalized spacial score (nSPS) is 36.9. The van der Waals surface area contributed by atoms with Crippen molar-refractivity contribution in [2.24, 2.45) is 5.92 Å². The highest BCUT2D eigenvalue weighted by Crippen LogP contribution is 2.34. The fourth-order valence-electron chi connectivity index (χ4n) is 2.08. The minimum Gasteiger partial charge on any atom is -0.465 e. The van der Waals surface area contributed by atoms with Gasteiger partial charge in [-0.15, -0.1) is 0 Å². The van der Waals surface area contributed by atoms with E-state index in [-0.39, 0.29) is 24.0 Å². The largest absolute Gasteiger partial charge is 0.465 e. The Labute approximate surface area is 75.1 Å². The molecule has 1 saturated heterocycles. The quantitative estimate of drug-likeness (QED) is 0.578. The van der Waals surface area contributed by atoms with Crippen LogP contribution in [0.15, 0.2) is 0 Å². The number of hydrogen-bond acceptors (Lipinski definition) is 3. The molecular formula is C8H11NO4. The Morgan fingerprint density at radius 2 is 2.31 bits per heavy atom. The molecule has 1 aliphatic carbocycles. The summed E-state index contributed by atoms with van der Waals surface area (Å²) in [6, 6.07) is -0.247. The third kappa shape index (κ3) is 1.46. The van der Waals surface area contributed by atoms with Crippen LogP contribution >= 0.6 is 0 Å². The molecule has 5 heteroatoms. The Balaban J connectivity index is 2.04. The summed E-state index contributed by atoms with van der Waals surface area (Å²) in [7, 11) is 0. The number of nitrogens with one attached hydrogen (secondary N) is 1. The lowest BCUT2D eigenvalue weighted by Crippen LogP contribution is -2.42. The van der Waals surface area contributed by atoms with Gasteiger partial charge in [0.1, 0.15) is 6.10 Å². The highest BCUT2D eigenvalue weighted by Gasteiger charge is 2.44. The predicted molar refractivity (Wildman–Crippen MR) is 42.2 cm³/mol. The van der Waals surface area contributed by atoms with Crippen LogP contribution in [0.25, 0.3) is 0 Å². The minimum absolute atomic E-state index is 0.0318. The molecule has 1 aliphatic heterocycles. The lowest BCUT2D eigenvalue weighted by atomic mass is 9.85. The van der Waals surface area contributed by atoms with Gasteiger partial charge >= 0.3 is 12.1 Å². The molecule has 0 spiro atoms. The summed E-state index contributed by atoms with van der Waals surface area (Å²) in [6.07, 6.45) is 1.11. The summed E-state index contributed by atoms with van der Waals surface area (Å²) in [6.45, 7) is 0. The molecule has 2 aliphatic rings. The molecule has 0 aromatic carbocycles. The summed E-state index contributed by atoms with van der Waals surface area (Å²) in [4.78, 5) is 21.6. The third-order valence-corrected chi connectivity index (χ3v) is 2.70. The summed E-state index contributed by atoms with van der Waals surface area (Å²) in [5.74, 6) is -0.504. The number of carboxylic acid groups (broad SMARTS) is 1. The number of carbonyl (C=O) groups excluding carboxylic acids is 1. The van der Waals surface area contributed by atoms with E-state index in [1.807, 2.05) is 0 Å². The molecular weight excluding hydrogens is 174 g/mol. The van der Waals surface area contributed by atoms with Gasteiger partial charge in [0.2, 0.25) is 0 Å². The average Bonchev–Trinajstić information content (AvgIpc) is 2.34. The topological polar surface area (TPSA) is 75.6 Å². The van der Waals surface area contributed by atoms with Crippen LogP contribution in [0.5, 0.6) is 0 Å². The van der Waals surface area contributed by atoms with E-state index in [2.05, 4.69) is 5.32 Å². The molecule has 2 fully saturated rings. The Bertz CT molecular complexity index is 253. The maximum absolute atomic E-state index is 11.2. The van der Waals surface area contributed by atoms with Crippen molar-refractivity contribution in [2.45, 2.75) is 31.4 Å². The minimum atomic E-state index is -1.07. The number of rotatable bonds is 1. The monoisotopic (exact) mass is 185 g/mol. The van der Waals surface area contributed by atoms with Crippen molar-refractivity contribution < 1.29 is 19.4 Å². The summed E-state index contributed by atoms with van der Waals surface area (Å²) in [5, 5.41) is 10.9. The van der Waals surface area contributed by atoms with Gasteiger partial charge in [-0.25, -0.2) is 4.79 Å². The van der Waals surface area contributed by atoms with E-state index in [9.17, 15) is 9.59 Å². The number of hydrogen-bond donors (Lipinski definition) is 2. The summed E-state index contributed by atoms with van der Waals surface area (Å²) < 4.78 is 5.03. The first kappa shape index (κ1) is 8.34. The van der Waals surface area contributed by atoms with Gasteiger partial charge in [0.25, 0.3) is 0 Å². The molecule has 0 aromatic heterocycles. The van der Waals surface area contributed by atoms with E-state index in [0.29, 0.717) is 12.8 Å². The van der Waals surface area contributed by atoms with Crippen molar-refractivity contribution in [3.05, 3.63) is 0 Å². The molecule has 2 rings (SSSR count). The first-order valence-electron chi connectivity index (χ1n) is 4.37. The lowest BCUT2D eigenvalue weighted by molar-refractivity contribution is -0.143. The molecule has 72 valence electrons.